The highest BCUT2D eigenvalue weighted by atomic mass is 35.5. The number of aliphatic hydroxyl groups is 1. The normalized spacial score (nSPS) is 17.6. The van der Waals surface area contributed by atoms with Crippen LogP contribution in [0.2, 0.25) is 5.02 Å². The van der Waals surface area contributed by atoms with Gasteiger partial charge in [0, 0.05) is 30.2 Å². The van der Waals surface area contributed by atoms with Crippen LogP contribution in [0.3, 0.4) is 0 Å². The molecule has 1 aliphatic heterocycles. The lowest BCUT2D eigenvalue weighted by Crippen LogP contribution is -2.39. The summed E-state index contributed by atoms with van der Waals surface area (Å²) in [6.07, 6.45) is -0.814. The Balaban J connectivity index is 1.71. The van der Waals surface area contributed by atoms with Crippen molar-refractivity contribution in [2.24, 2.45) is 0 Å². The SMILES string of the molecule is COc1ccc(C(=O)N2CC(=O)N(Cc3ccc(Cl)cc3)CC(O)C2)cc1. The van der Waals surface area contributed by atoms with Gasteiger partial charge in [0.05, 0.1) is 13.2 Å². The fraction of sp³-hybridized carbons (Fsp3) is 0.300. The third kappa shape index (κ3) is 4.78. The second-order valence-electron chi connectivity index (χ2n) is 6.47. The standard InChI is InChI=1S/C20H21ClN2O4/c1-27-18-8-4-15(5-9-18)20(26)23-12-17(24)11-22(19(25)13-23)10-14-2-6-16(21)7-3-14/h2-9,17,24H,10-13H2,1H3. The maximum atomic E-state index is 12.7. The molecule has 1 N–H and O–H groups in total. The van der Waals surface area contributed by atoms with E-state index in [1.54, 1.807) is 48.4 Å². The Bertz CT molecular complexity index is 808. The van der Waals surface area contributed by atoms with Crippen molar-refractivity contribution in [1.82, 2.24) is 9.80 Å². The van der Waals surface area contributed by atoms with Gasteiger partial charge in [0.25, 0.3) is 5.91 Å². The third-order valence-electron chi connectivity index (χ3n) is 4.45. The fourth-order valence-corrected chi connectivity index (χ4v) is 3.16. The van der Waals surface area contributed by atoms with Crippen molar-refractivity contribution in [1.29, 1.82) is 0 Å². The van der Waals surface area contributed by atoms with Gasteiger partial charge in [0.15, 0.2) is 0 Å². The zero-order valence-electron chi connectivity index (χ0n) is 15.0. The van der Waals surface area contributed by atoms with Crippen LogP contribution in [-0.4, -0.2) is 59.6 Å². The minimum absolute atomic E-state index is 0.0739. The molecule has 3 rings (SSSR count). The first kappa shape index (κ1) is 19.2. The monoisotopic (exact) mass is 388 g/mol. The number of aliphatic hydroxyl groups excluding tert-OH is 1. The highest BCUT2D eigenvalue weighted by Gasteiger charge is 2.30. The van der Waals surface area contributed by atoms with Crippen LogP contribution in [0, 0.1) is 0 Å². The quantitative estimate of drug-likeness (QED) is 0.871. The van der Waals surface area contributed by atoms with Crippen LogP contribution in [0.15, 0.2) is 48.5 Å². The smallest absolute Gasteiger partial charge is 0.254 e. The molecular weight excluding hydrogens is 368 g/mol. The van der Waals surface area contributed by atoms with Gasteiger partial charge < -0.3 is 19.6 Å². The highest BCUT2D eigenvalue weighted by molar-refractivity contribution is 6.30. The second-order valence-corrected chi connectivity index (χ2v) is 6.91. The van der Waals surface area contributed by atoms with Crippen molar-refractivity contribution in [3.63, 3.8) is 0 Å². The van der Waals surface area contributed by atoms with E-state index in [-0.39, 0.29) is 31.4 Å². The summed E-state index contributed by atoms with van der Waals surface area (Å²) in [7, 11) is 1.55. The molecular formula is C20H21ClN2O4. The number of hydrogen-bond acceptors (Lipinski definition) is 4. The molecule has 0 bridgehead atoms. The van der Waals surface area contributed by atoms with Gasteiger partial charge in [-0.2, -0.15) is 0 Å². The van der Waals surface area contributed by atoms with Gasteiger partial charge in [0.2, 0.25) is 5.91 Å². The minimum Gasteiger partial charge on any atom is -0.497 e. The van der Waals surface area contributed by atoms with Gasteiger partial charge in [-0.05, 0) is 42.0 Å². The molecule has 1 heterocycles. The number of methoxy groups -OCH3 is 1. The van der Waals surface area contributed by atoms with Crippen LogP contribution in [0.25, 0.3) is 0 Å². The molecule has 1 unspecified atom stereocenters. The van der Waals surface area contributed by atoms with Gasteiger partial charge >= 0.3 is 0 Å². The van der Waals surface area contributed by atoms with Crippen molar-refractivity contribution < 1.29 is 19.4 Å². The second kappa shape index (κ2) is 8.41. The average molecular weight is 389 g/mol. The highest BCUT2D eigenvalue weighted by Crippen LogP contribution is 2.17. The number of hydrogen-bond donors (Lipinski definition) is 1. The molecule has 1 aliphatic rings. The Hall–Kier alpha value is -2.57. The predicted octanol–water partition coefficient (Wildman–Crippen LogP) is 2.19. The van der Waals surface area contributed by atoms with Crippen molar-refractivity contribution in [2.75, 3.05) is 26.7 Å². The van der Waals surface area contributed by atoms with E-state index in [2.05, 4.69) is 0 Å². The Kier molecular flexibility index (Phi) is 5.98. The van der Waals surface area contributed by atoms with Crippen LogP contribution < -0.4 is 4.74 Å². The molecule has 0 radical (unpaired) electrons. The van der Waals surface area contributed by atoms with Gasteiger partial charge in [-0.15, -0.1) is 0 Å². The molecule has 0 aromatic heterocycles. The first-order valence-corrected chi connectivity index (χ1v) is 8.97. The molecule has 1 saturated heterocycles. The largest absolute Gasteiger partial charge is 0.497 e. The van der Waals surface area contributed by atoms with Crippen LogP contribution in [0.4, 0.5) is 0 Å². The number of ether oxygens (including phenoxy) is 1. The number of carbonyl (C=O) groups excluding carboxylic acids is 2. The van der Waals surface area contributed by atoms with Crippen LogP contribution >= 0.6 is 11.6 Å². The van der Waals surface area contributed by atoms with Crippen molar-refractivity contribution >= 4 is 23.4 Å². The minimum atomic E-state index is -0.814. The summed E-state index contributed by atoms with van der Waals surface area (Å²) in [6.45, 7) is 0.564. The van der Waals surface area contributed by atoms with Crippen LogP contribution in [-0.2, 0) is 11.3 Å². The van der Waals surface area contributed by atoms with Crippen molar-refractivity contribution in [3.8, 4) is 5.75 Å². The van der Waals surface area contributed by atoms with E-state index in [4.69, 9.17) is 16.3 Å². The van der Waals surface area contributed by atoms with E-state index in [0.717, 1.165) is 5.56 Å². The summed E-state index contributed by atoms with van der Waals surface area (Å²) in [5.41, 5.74) is 1.36. The summed E-state index contributed by atoms with van der Waals surface area (Å²) in [5, 5.41) is 10.9. The number of carbonyl (C=O) groups is 2. The topological polar surface area (TPSA) is 70.1 Å². The lowest BCUT2D eigenvalue weighted by molar-refractivity contribution is -0.131. The number of rotatable bonds is 4. The molecule has 2 aromatic carbocycles. The summed E-state index contributed by atoms with van der Waals surface area (Å²) >= 11 is 5.89. The molecule has 2 amide bonds. The zero-order chi connectivity index (χ0) is 19.4. The van der Waals surface area contributed by atoms with E-state index >= 15 is 0 Å². The molecule has 142 valence electrons. The average Bonchev–Trinajstić information content (AvgIpc) is 2.81. The Morgan fingerprint density at radius 3 is 2.44 bits per heavy atom. The van der Waals surface area contributed by atoms with Crippen molar-refractivity contribution in [3.05, 3.63) is 64.7 Å². The number of halogens is 1. The molecule has 1 fully saturated rings. The van der Waals surface area contributed by atoms with Crippen LogP contribution in [0.5, 0.6) is 5.75 Å². The number of nitrogens with zero attached hydrogens (tertiary/aromatic N) is 2. The maximum absolute atomic E-state index is 12.7. The summed E-state index contributed by atoms with van der Waals surface area (Å²) < 4.78 is 5.09. The van der Waals surface area contributed by atoms with E-state index < -0.39 is 6.10 Å². The van der Waals surface area contributed by atoms with E-state index in [9.17, 15) is 14.7 Å². The van der Waals surface area contributed by atoms with Crippen molar-refractivity contribution in [2.45, 2.75) is 12.6 Å². The lowest BCUT2D eigenvalue weighted by atomic mass is 10.2. The Labute approximate surface area is 162 Å². The molecule has 6 nitrogen and oxygen atoms in total. The number of amides is 2. The molecule has 2 aromatic rings. The Morgan fingerprint density at radius 2 is 1.81 bits per heavy atom. The zero-order valence-corrected chi connectivity index (χ0v) is 15.7. The van der Waals surface area contributed by atoms with Crippen LogP contribution in [0.1, 0.15) is 15.9 Å². The van der Waals surface area contributed by atoms with Gasteiger partial charge in [-0.1, -0.05) is 23.7 Å². The number of β-amino-alcohol motifs (C(OH)–C–C–N with tert-alkyl or cyclic N) is 1. The first-order chi connectivity index (χ1) is 13.0. The first-order valence-electron chi connectivity index (χ1n) is 8.60. The lowest BCUT2D eigenvalue weighted by Gasteiger charge is -2.22. The van der Waals surface area contributed by atoms with Gasteiger partial charge in [-0.25, -0.2) is 0 Å². The molecule has 0 aliphatic carbocycles. The summed E-state index contributed by atoms with van der Waals surface area (Å²) in [4.78, 5) is 28.3. The Morgan fingerprint density at radius 1 is 1.15 bits per heavy atom. The summed E-state index contributed by atoms with van der Waals surface area (Å²) in [5.74, 6) is 0.148. The van der Waals surface area contributed by atoms with Gasteiger partial charge in [0.1, 0.15) is 12.3 Å². The molecule has 27 heavy (non-hydrogen) atoms. The predicted molar refractivity (Wildman–Crippen MR) is 102 cm³/mol. The fourth-order valence-electron chi connectivity index (χ4n) is 3.03. The molecule has 0 spiro atoms. The summed E-state index contributed by atoms with van der Waals surface area (Å²) in [6, 6.07) is 13.9. The van der Waals surface area contributed by atoms with Gasteiger partial charge in [-0.3, -0.25) is 9.59 Å². The molecule has 0 saturated carbocycles. The third-order valence-corrected chi connectivity index (χ3v) is 4.70. The number of benzene rings is 2. The molecule has 7 heteroatoms. The van der Waals surface area contributed by atoms with E-state index in [0.29, 0.717) is 22.9 Å². The van der Waals surface area contributed by atoms with E-state index in [1.165, 1.54) is 4.90 Å². The van der Waals surface area contributed by atoms with E-state index in [1.807, 2.05) is 12.1 Å². The maximum Gasteiger partial charge on any atom is 0.254 e. The molecule has 1 atom stereocenters.